The van der Waals surface area contributed by atoms with Crippen molar-refractivity contribution in [1.82, 2.24) is 13.7 Å². The number of thiophene rings is 3. The first-order valence-corrected chi connectivity index (χ1v) is 40.0. The predicted octanol–water partition coefficient (Wildman–Crippen LogP) is 30.6. The molecule has 111 heavy (non-hydrogen) atoms. The van der Waals surface area contributed by atoms with Crippen molar-refractivity contribution in [3.05, 3.63) is 346 Å². The Bertz CT molecular complexity index is 8580. The summed E-state index contributed by atoms with van der Waals surface area (Å²) in [4.78, 5) is 0. The van der Waals surface area contributed by atoms with Gasteiger partial charge in [0.2, 0.25) is 0 Å². The number of rotatable bonds is 3. The smallest absolute Gasteiger partial charge is 0.135 e. The van der Waals surface area contributed by atoms with Gasteiger partial charge in [0, 0.05) is 138 Å². The monoisotopic (exact) mass is 1470 g/mol. The van der Waals surface area contributed by atoms with E-state index in [9.17, 15) is 0 Å². The van der Waals surface area contributed by atoms with E-state index in [1.54, 1.807) is 0 Å². The van der Waals surface area contributed by atoms with Gasteiger partial charge in [-0.15, -0.1) is 34.0 Å². The number of furan rings is 3. The van der Waals surface area contributed by atoms with Crippen molar-refractivity contribution in [2.24, 2.45) is 0 Å². The van der Waals surface area contributed by atoms with Gasteiger partial charge >= 0.3 is 0 Å². The van der Waals surface area contributed by atoms with E-state index in [0.29, 0.717) is 0 Å². The van der Waals surface area contributed by atoms with Gasteiger partial charge in [-0.3, -0.25) is 0 Å². The Labute approximate surface area is 643 Å². The minimum Gasteiger partial charge on any atom is -0.456 e. The molecule has 6 nitrogen and oxygen atoms in total. The molecule has 27 aromatic rings. The number of hydrogen-bond acceptors (Lipinski definition) is 6. The third kappa shape index (κ3) is 8.76. The summed E-state index contributed by atoms with van der Waals surface area (Å²) in [6.07, 6.45) is 0. The van der Waals surface area contributed by atoms with E-state index >= 15 is 0 Å². The first kappa shape index (κ1) is 61.2. The van der Waals surface area contributed by atoms with Crippen LogP contribution in [0, 0.1) is 0 Å². The molecule has 27 rings (SSSR count). The topological polar surface area (TPSA) is 54.2 Å². The molecular weight excluding hydrogens is 1410 g/mol. The van der Waals surface area contributed by atoms with Crippen LogP contribution in [0.2, 0.25) is 0 Å². The van der Waals surface area contributed by atoms with Crippen molar-refractivity contribution in [2.45, 2.75) is 0 Å². The van der Waals surface area contributed by atoms with Gasteiger partial charge in [-0.25, -0.2) is 0 Å². The molecule has 0 saturated carbocycles. The Kier molecular flexibility index (Phi) is 12.9. The maximum absolute atomic E-state index is 6.16. The number of benzene rings is 18. The van der Waals surface area contributed by atoms with E-state index in [0.717, 1.165) is 82.9 Å². The summed E-state index contributed by atoms with van der Waals surface area (Å²) in [7, 11) is 0. The Morgan fingerprint density at radius 2 is 0.550 bits per heavy atom. The summed E-state index contributed by atoms with van der Waals surface area (Å²) in [6, 6.07) is 124. The van der Waals surface area contributed by atoms with Crippen LogP contribution in [0.1, 0.15) is 0 Å². The van der Waals surface area contributed by atoms with Crippen molar-refractivity contribution < 1.29 is 13.3 Å². The van der Waals surface area contributed by atoms with Crippen molar-refractivity contribution in [3.63, 3.8) is 0 Å². The molecule has 0 bridgehead atoms. The SMILES string of the molecule is c1ccc2c(c1)ccc1c2c2ccc3c4ccccc4sc3c2n1-c1ccc2oc3ccccc3c2c1.c1ccc2c(c1)oc1ccc(-n3c4ccccc4c4c5ccccc5c5c6ccccc6sc5c43)cc12.c1ccc2c(c1)oc1ccc(-n3c4ccccc4c4c5sc6ccccc6c5c5ccccc5c43)cc12. The molecule has 0 aliphatic rings. The molecule has 0 N–H and O–H groups in total. The molecule has 0 aliphatic heterocycles. The normalized spacial score (nSPS) is 12.3. The quantitative estimate of drug-likeness (QED) is 0.177. The molecule has 9 aromatic heterocycles. The van der Waals surface area contributed by atoms with Crippen LogP contribution in [0.5, 0.6) is 0 Å². The second kappa shape index (κ2) is 23.4. The van der Waals surface area contributed by atoms with Gasteiger partial charge in [0.1, 0.15) is 33.5 Å². The Hall–Kier alpha value is -13.8. The van der Waals surface area contributed by atoms with Crippen LogP contribution >= 0.6 is 34.0 Å². The summed E-state index contributed by atoms with van der Waals surface area (Å²) in [5.74, 6) is 0. The van der Waals surface area contributed by atoms with Crippen LogP contribution in [0.15, 0.2) is 359 Å². The average molecular weight is 1470 g/mol. The third-order valence-corrected chi connectivity index (χ3v) is 26.9. The van der Waals surface area contributed by atoms with Crippen molar-refractivity contribution in [3.8, 4) is 17.1 Å². The van der Waals surface area contributed by atoms with Gasteiger partial charge in [0.25, 0.3) is 0 Å². The zero-order valence-corrected chi connectivity index (χ0v) is 61.6. The largest absolute Gasteiger partial charge is 0.456 e. The van der Waals surface area contributed by atoms with Gasteiger partial charge in [-0.2, -0.15) is 0 Å². The number of para-hydroxylation sites is 5. The first-order valence-electron chi connectivity index (χ1n) is 37.6. The van der Waals surface area contributed by atoms with E-state index in [-0.39, 0.29) is 0 Å². The maximum Gasteiger partial charge on any atom is 0.135 e. The fourth-order valence-corrected chi connectivity index (χ4v) is 22.4. The lowest BCUT2D eigenvalue weighted by molar-refractivity contribution is 0.668. The molecule has 0 atom stereocenters. The van der Waals surface area contributed by atoms with Crippen LogP contribution in [-0.4, -0.2) is 13.7 Å². The second-order valence-corrected chi connectivity index (χ2v) is 32.3. The minimum absolute atomic E-state index is 0.919. The molecule has 9 heteroatoms. The van der Waals surface area contributed by atoms with Crippen LogP contribution in [-0.2, 0) is 0 Å². The van der Waals surface area contributed by atoms with E-state index in [1.807, 2.05) is 70.4 Å². The Morgan fingerprint density at radius 1 is 0.180 bits per heavy atom. The van der Waals surface area contributed by atoms with E-state index in [1.165, 1.54) is 158 Å². The Balaban J connectivity index is 0.0000000947. The van der Waals surface area contributed by atoms with E-state index < -0.39 is 0 Å². The minimum atomic E-state index is 0.919. The van der Waals surface area contributed by atoms with Gasteiger partial charge in [0.05, 0.1) is 42.5 Å². The molecule has 18 aromatic carbocycles. The molecule has 516 valence electrons. The van der Waals surface area contributed by atoms with Gasteiger partial charge in [0.15, 0.2) is 0 Å². The highest BCUT2D eigenvalue weighted by atomic mass is 32.1. The fraction of sp³-hybridized carbons (Fsp3) is 0. The lowest BCUT2D eigenvalue weighted by Gasteiger charge is -2.11. The predicted molar refractivity (Wildman–Crippen MR) is 475 cm³/mol. The summed E-state index contributed by atoms with van der Waals surface area (Å²) >= 11 is 5.69. The molecule has 0 spiro atoms. The van der Waals surface area contributed by atoms with E-state index in [2.05, 4.69) is 323 Å². The van der Waals surface area contributed by atoms with Crippen LogP contribution in [0.3, 0.4) is 0 Å². The number of hydrogen-bond donors (Lipinski definition) is 0. The summed E-state index contributed by atoms with van der Waals surface area (Å²) in [5, 5.41) is 30.5. The van der Waals surface area contributed by atoms with Crippen LogP contribution < -0.4 is 0 Å². The van der Waals surface area contributed by atoms with Gasteiger partial charge < -0.3 is 27.0 Å². The third-order valence-electron chi connectivity index (χ3n) is 23.3. The molecule has 0 radical (unpaired) electrons. The Morgan fingerprint density at radius 3 is 1.11 bits per heavy atom. The highest BCUT2D eigenvalue weighted by molar-refractivity contribution is 7.28. The summed E-state index contributed by atoms with van der Waals surface area (Å²) in [6.45, 7) is 0. The highest BCUT2D eigenvalue weighted by Crippen LogP contribution is 2.52. The van der Waals surface area contributed by atoms with Gasteiger partial charge in [-0.1, -0.05) is 237 Å². The maximum atomic E-state index is 6.16. The molecular formula is C102H57N3O3S3. The van der Waals surface area contributed by atoms with Crippen LogP contribution in [0.25, 0.3) is 241 Å². The molecule has 9 heterocycles. The van der Waals surface area contributed by atoms with Crippen LogP contribution in [0.4, 0.5) is 0 Å². The number of aromatic nitrogens is 3. The fourth-order valence-electron chi connectivity index (χ4n) is 18.7. The highest BCUT2D eigenvalue weighted by Gasteiger charge is 2.26. The zero-order valence-electron chi connectivity index (χ0n) is 59.2. The first-order chi connectivity index (χ1) is 55.1. The summed E-state index contributed by atoms with van der Waals surface area (Å²) in [5.41, 5.74) is 16.5. The molecule has 0 unspecified atom stereocenters. The number of fused-ring (bicyclic) bond motifs is 38. The lowest BCUT2D eigenvalue weighted by Crippen LogP contribution is -1.94. The standard InChI is InChI=1S/3C34H19NOS/c1-2-11-23-22(10-1)31-25-13-5-8-16-30(25)37-34(31)32-24-12-3-6-14-27(24)35(33(23)32)20-17-18-29-26(19-20)21-9-4-7-15-28(21)36-29;1-2-11-23-22(10-1)31-24-12-3-6-14-27(24)35(33(31)34-32(23)25-13-5-8-16-30(25)37-34)20-17-18-29-26(19-20)21-9-4-7-15-28(21)36-29;1-2-8-22-20(7-1)13-17-28-32(22)26-16-15-25-24-10-4-6-12-31(24)37-34(25)33(26)35(28)21-14-18-30-27(19-21)23-9-3-5-11-29(23)36-30/h3*1-19H. The van der Waals surface area contributed by atoms with Crippen molar-refractivity contribution >= 4 is 258 Å². The average Bonchev–Trinajstić information content (AvgIpc) is 1.56. The summed E-state index contributed by atoms with van der Waals surface area (Å²) < 4.78 is 33.9. The lowest BCUT2D eigenvalue weighted by atomic mass is 9.99. The molecule has 0 fully saturated rings. The van der Waals surface area contributed by atoms with Gasteiger partial charge in [-0.05, 0) is 136 Å². The van der Waals surface area contributed by atoms with Crippen molar-refractivity contribution in [1.29, 1.82) is 0 Å². The molecule has 0 amide bonds. The number of nitrogens with zero attached hydrogens (tertiary/aromatic N) is 3. The van der Waals surface area contributed by atoms with Crippen molar-refractivity contribution in [2.75, 3.05) is 0 Å². The second-order valence-electron chi connectivity index (χ2n) is 29.1. The van der Waals surface area contributed by atoms with E-state index in [4.69, 9.17) is 13.3 Å². The molecule has 0 saturated heterocycles. The zero-order chi connectivity index (χ0) is 72.3. The molecule has 0 aliphatic carbocycles.